The monoisotopic (exact) mass is 396 g/mol. The molecule has 0 radical (unpaired) electrons. The van der Waals surface area contributed by atoms with Gasteiger partial charge < -0.3 is 21.3 Å². The van der Waals surface area contributed by atoms with Crippen LogP contribution in [0.15, 0.2) is 48.5 Å². The van der Waals surface area contributed by atoms with Gasteiger partial charge in [-0.1, -0.05) is 19.1 Å². The van der Waals surface area contributed by atoms with Crippen LogP contribution in [-0.4, -0.2) is 30.3 Å². The summed E-state index contributed by atoms with van der Waals surface area (Å²) in [6.45, 7) is 5.77. The number of hydrogen-bond acceptors (Lipinski definition) is 4. The Bertz CT molecular complexity index is 865. The van der Waals surface area contributed by atoms with E-state index in [4.69, 9.17) is 0 Å². The maximum absolute atomic E-state index is 12.2. The average Bonchev–Trinajstić information content (AvgIpc) is 2.66. The summed E-state index contributed by atoms with van der Waals surface area (Å²) in [4.78, 5) is 36.0. The van der Waals surface area contributed by atoms with E-state index in [2.05, 4.69) is 21.3 Å². The van der Waals surface area contributed by atoms with Crippen LogP contribution < -0.4 is 21.3 Å². The summed E-state index contributed by atoms with van der Waals surface area (Å²) in [6, 6.07) is 14.0. The highest BCUT2D eigenvalue weighted by Crippen LogP contribution is 2.16. The zero-order valence-electron chi connectivity index (χ0n) is 17.0. The zero-order chi connectivity index (χ0) is 21.2. The Morgan fingerprint density at radius 3 is 2.17 bits per heavy atom. The summed E-state index contributed by atoms with van der Waals surface area (Å²) < 4.78 is 0. The molecule has 2 rings (SSSR count). The molecule has 4 N–H and O–H groups in total. The fourth-order valence-corrected chi connectivity index (χ4v) is 2.63. The van der Waals surface area contributed by atoms with Crippen molar-refractivity contribution < 1.29 is 14.4 Å². The maximum Gasteiger partial charge on any atom is 0.251 e. The van der Waals surface area contributed by atoms with Crippen molar-refractivity contribution >= 4 is 34.8 Å². The molecule has 0 fully saturated rings. The van der Waals surface area contributed by atoms with Crippen molar-refractivity contribution in [1.82, 2.24) is 5.32 Å². The predicted octanol–water partition coefficient (Wildman–Crippen LogP) is 3.61. The normalized spacial score (nSPS) is 10.3. The van der Waals surface area contributed by atoms with E-state index in [0.717, 1.165) is 12.1 Å². The third-order valence-electron chi connectivity index (χ3n) is 3.90. The van der Waals surface area contributed by atoms with Gasteiger partial charge in [-0.15, -0.1) is 0 Å². The van der Waals surface area contributed by atoms with E-state index < -0.39 is 0 Å². The smallest absolute Gasteiger partial charge is 0.251 e. The number of amides is 3. The van der Waals surface area contributed by atoms with Crippen molar-refractivity contribution in [3.63, 3.8) is 0 Å². The van der Waals surface area contributed by atoms with Crippen molar-refractivity contribution in [2.45, 2.75) is 39.7 Å². The van der Waals surface area contributed by atoms with Crippen LogP contribution in [0.1, 0.15) is 44.0 Å². The van der Waals surface area contributed by atoms with Crippen LogP contribution in [0.4, 0.5) is 17.1 Å². The first kappa shape index (κ1) is 21.9. The quantitative estimate of drug-likeness (QED) is 0.520. The number of hydrogen-bond donors (Lipinski definition) is 4. The molecule has 7 nitrogen and oxygen atoms in total. The minimum absolute atomic E-state index is 0.0347. The third kappa shape index (κ3) is 7.65. The minimum Gasteiger partial charge on any atom is -0.376 e. The van der Waals surface area contributed by atoms with Gasteiger partial charge in [0, 0.05) is 35.1 Å². The summed E-state index contributed by atoms with van der Waals surface area (Å²) in [5.74, 6) is -0.466. The predicted molar refractivity (Wildman–Crippen MR) is 116 cm³/mol. The Morgan fingerprint density at radius 2 is 1.48 bits per heavy atom. The van der Waals surface area contributed by atoms with Gasteiger partial charge >= 0.3 is 0 Å². The molecule has 0 aromatic heterocycles. The second kappa shape index (κ2) is 10.8. The van der Waals surface area contributed by atoms with Gasteiger partial charge in [-0.05, 0) is 56.7 Å². The summed E-state index contributed by atoms with van der Waals surface area (Å²) in [7, 11) is 0. The van der Waals surface area contributed by atoms with Crippen LogP contribution in [0.25, 0.3) is 0 Å². The fourth-order valence-electron chi connectivity index (χ4n) is 2.63. The van der Waals surface area contributed by atoms with Gasteiger partial charge in [0.15, 0.2) is 0 Å². The largest absolute Gasteiger partial charge is 0.376 e. The summed E-state index contributed by atoms with van der Waals surface area (Å²) in [5, 5.41) is 11.4. The van der Waals surface area contributed by atoms with Crippen LogP contribution in [0.5, 0.6) is 0 Å². The summed E-state index contributed by atoms with van der Waals surface area (Å²) in [5.41, 5.74) is 2.44. The topological polar surface area (TPSA) is 99.3 Å². The Kier molecular flexibility index (Phi) is 8.21. The Morgan fingerprint density at radius 1 is 0.862 bits per heavy atom. The van der Waals surface area contributed by atoms with E-state index in [0.29, 0.717) is 23.4 Å². The molecule has 7 heteroatoms. The van der Waals surface area contributed by atoms with E-state index >= 15 is 0 Å². The molecule has 0 aliphatic carbocycles. The molecule has 0 unspecified atom stereocenters. The standard InChI is InChI=1S/C22H28N4O3/c1-4-7-20(27)25-19-11-6-9-17(13-19)23-14-21(28)26-18-10-5-8-16(12-18)22(29)24-15(2)3/h5-6,8-13,15,23H,4,7,14H2,1-3H3,(H,24,29)(H,25,27)(H,26,28). The van der Waals surface area contributed by atoms with E-state index in [9.17, 15) is 14.4 Å². The Balaban J connectivity index is 1.90. The molecule has 0 saturated heterocycles. The fraction of sp³-hybridized carbons (Fsp3) is 0.318. The van der Waals surface area contributed by atoms with Crippen LogP contribution in [-0.2, 0) is 9.59 Å². The first-order valence-electron chi connectivity index (χ1n) is 9.72. The van der Waals surface area contributed by atoms with Gasteiger partial charge in [0.2, 0.25) is 11.8 Å². The average molecular weight is 396 g/mol. The molecule has 2 aromatic rings. The number of benzene rings is 2. The number of nitrogens with one attached hydrogen (secondary N) is 4. The number of carbonyl (C=O) groups excluding carboxylic acids is 3. The van der Waals surface area contributed by atoms with Gasteiger partial charge in [-0.25, -0.2) is 0 Å². The molecular weight excluding hydrogens is 368 g/mol. The van der Waals surface area contributed by atoms with Crippen molar-refractivity contribution in [2.75, 3.05) is 22.5 Å². The summed E-state index contributed by atoms with van der Waals surface area (Å²) in [6.07, 6.45) is 1.25. The highest BCUT2D eigenvalue weighted by Gasteiger charge is 2.09. The lowest BCUT2D eigenvalue weighted by molar-refractivity contribution is -0.116. The van der Waals surface area contributed by atoms with E-state index in [1.807, 2.05) is 26.8 Å². The molecule has 154 valence electrons. The molecule has 0 bridgehead atoms. The van der Waals surface area contributed by atoms with Crippen LogP contribution in [0, 0.1) is 0 Å². The second-order valence-corrected chi connectivity index (χ2v) is 6.99. The van der Waals surface area contributed by atoms with Crippen molar-refractivity contribution in [1.29, 1.82) is 0 Å². The molecule has 2 aromatic carbocycles. The van der Waals surface area contributed by atoms with E-state index in [-0.39, 0.29) is 30.3 Å². The molecule has 0 heterocycles. The molecule has 0 aliphatic heterocycles. The first-order chi connectivity index (χ1) is 13.9. The van der Waals surface area contributed by atoms with Crippen LogP contribution in [0.2, 0.25) is 0 Å². The molecule has 3 amide bonds. The minimum atomic E-state index is -0.244. The van der Waals surface area contributed by atoms with Gasteiger partial charge in [0.1, 0.15) is 0 Å². The maximum atomic E-state index is 12.2. The van der Waals surface area contributed by atoms with Crippen molar-refractivity contribution in [3.8, 4) is 0 Å². The SMILES string of the molecule is CCCC(=O)Nc1cccc(NCC(=O)Nc2cccc(C(=O)NC(C)C)c2)c1. The molecule has 0 saturated carbocycles. The zero-order valence-corrected chi connectivity index (χ0v) is 17.0. The lowest BCUT2D eigenvalue weighted by atomic mass is 10.1. The second-order valence-electron chi connectivity index (χ2n) is 6.99. The number of carbonyl (C=O) groups is 3. The van der Waals surface area contributed by atoms with Crippen molar-refractivity contribution in [2.24, 2.45) is 0 Å². The van der Waals surface area contributed by atoms with Crippen LogP contribution >= 0.6 is 0 Å². The Hall–Kier alpha value is -3.35. The molecule has 0 aliphatic rings. The lowest BCUT2D eigenvalue weighted by Gasteiger charge is -2.11. The molecule has 0 atom stereocenters. The third-order valence-corrected chi connectivity index (χ3v) is 3.90. The van der Waals surface area contributed by atoms with Crippen molar-refractivity contribution in [3.05, 3.63) is 54.1 Å². The van der Waals surface area contributed by atoms with Gasteiger partial charge in [0.05, 0.1) is 6.54 Å². The van der Waals surface area contributed by atoms with Gasteiger partial charge in [-0.2, -0.15) is 0 Å². The van der Waals surface area contributed by atoms with Gasteiger partial charge in [-0.3, -0.25) is 14.4 Å². The van der Waals surface area contributed by atoms with Gasteiger partial charge in [0.25, 0.3) is 5.91 Å². The molecule has 0 spiro atoms. The van der Waals surface area contributed by atoms with E-state index in [1.165, 1.54) is 0 Å². The highest BCUT2D eigenvalue weighted by molar-refractivity contribution is 5.98. The number of rotatable bonds is 9. The summed E-state index contributed by atoms with van der Waals surface area (Å²) >= 11 is 0. The number of anilines is 3. The Labute approximate surface area is 171 Å². The van der Waals surface area contributed by atoms with Crippen LogP contribution in [0.3, 0.4) is 0 Å². The van der Waals surface area contributed by atoms with E-state index in [1.54, 1.807) is 42.5 Å². The molecule has 29 heavy (non-hydrogen) atoms. The first-order valence-corrected chi connectivity index (χ1v) is 9.72. The highest BCUT2D eigenvalue weighted by atomic mass is 16.2. The lowest BCUT2D eigenvalue weighted by Crippen LogP contribution is -2.30. The molecular formula is C22H28N4O3.